The van der Waals surface area contributed by atoms with Crippen LogP contribution in [0.2, 0.25) is 0 Å². The SMILES string of the molecule is CCN(CC)CCCNC(=O)C(C)c1cccc(C(=O)c2ccccc2)c1. The molecule has 0 aliphatic heterocycles. The van der Waals surface area contributed by atoms with Crippen molar-refractivity contribution in [3.63, 3.8) is 0 Å². The van der Waals surface area contributed by atoms with E-state index in [1.54, 1.807) is 18.2 Å². The second-order valence-corrected chi connectivity index (χ2v) is 6.71. The Morgan fingerprint density at radius 3 is 2.30 bits per heavy atom. The van der Waals surface area contributed by atoms with Gasteiger partial charge in [0.1, 0.15) is 0 Å². The highest BCUT2D eigenvalue weighted by Crippen LogP contribution is 2.19. The van der Waals surface area contributed by atoms with Gasteiger partial charge < -0.3 is 10.2 Å². The maximum absolute atomic E-state index is 12.6. The number of nitrogens with one attached hydrogen (secondary N) is 1. The van der Waals surface area contributed by atoms with Crippen LogP contribution in [0, 0.1) is 0 Å². The molecule has 0 saturated carbocycles. The molecule has 0 heterocycles. The molecule has 0 aliphatic rings. The zero-order valence-electron chi connectivity index (χ0n) is 16.6. The lowest BCUT2D eigenvalue weighted by Crippen LogP contribution is -2.32. The molecule has 144 valence electrons. The molecule has 1 N–H and O–H groups in total. The number of hydrogen-bond acceptors (Lipinski definition) is 3. The van der Waals surface area contributed by atoms with Gasteiger partial charge in [-0.25, -0.2) is 0 Å². The average molecular weight is 367 g/mol. The first-order chi connectivity index (χ1) is 13.1. The second kappa shape index (κ2) is 10.6. The maximum Gasteiger partial charge on any atom is 0.227 e. The maximum atomic E-state index is 12.6. The third-order valence-electron chi connectivity index (χ3n) is 4.92. The van der Waals surface area contributed by atoms with Gasteiger partial charge in [0.25, 0.3) is 0 Å². The lowest BCUT2D eigenvalue weighted by molar-refractivity contribution is -0.122. The molecular weight excluding hydrogens is 336 g/mol. The Morgan fingerprint density at radius 2 is 1.63 bits per heavy atom. The van der Waals surface area contributed by atoms with Crippen molar-refractivity contribution in [1.29, 1.82) is 0 Å². The van der Waals surface area contributed by atoms with Crippen molar-refractivity contribution in [3.8, 4) is 0 Å². The Balaban J connectivity index is 1.95. The summed E-state index contributed by atoms with van der Waals surface area (Å²) in [5, 5.41) is 3.01. The first-order valence-electron chi connectivity index (χ1n) is 9.76. The zero-order valence-corrected chi connectivity index (χ0v) is 16.6. The molecule has 27 heavy (non-hydrogen) atoms. The Kier molecular flexibility index (Phi) is 8.21. The fourth-order valence-corrected chi connectivity index (χ4v) is 3.06. The van der Waals surface area contributed by atoms with Gasteiger partial charge in [-0.05, 0) is 44.6 Å². The summed E-state index contributed by atoms with van der Waals surface area (Å²) >= 11 is 0. The van der Waals surface area contributed by atoms with Gasteiger partial charge in [-0.3, -0.25) is 9.59 Å². The summed E-state index contributed by atoms with van der Waals surface area (Å²) in [6.07, 6.45) is 0.937. The minimum absolute atomic E-state index is 0.00106. The number of rotatable bonds is 10. The molecular formula is C23H30N2O2. The summed E-state index contributed by atoms with van der Waals surface area (Å²) in [6.45, 7) is 9.89. The number of hydrogen-bond donors (Lipinski definition) is 1. The fourth-order valence-electron chi connectivity index (χ4n) is 3.06. The number of carbonyl (C=O) groups is 2. The standard InChI is InChI=1S/C23H30N2O2/c1-4-25(5-2)16-10-15-24-23(27)18(3)20-13-9-14-21(17-20)22(26)19-11-7-6-8-12-19/h6-9,11-14,17-18H,4-5,10,15-16H2,1-3H3,(H,24,27). The molecule has 2 aromatic carbocycles. The smallest absolute Gasteiger partial charge is 0.227 e. The van der Waals surface area contributed by atoms with E-state index in [0.717, 1.165) is 31.6 Å². The third kappa shape index (κ3) is 6.04. The van der Waals surface area contributed by atoms with E-state index in [-0.39, 0.29) is 17.6 Å². The van der Waals surface area contributed by atoms with Crippen molar-refractivity contribution in [2.24, 2.45) is 0 Å². The predicted molar refractivity (Wildman–Crippen MR) is 110 cm³/mol. The van der Waals surface area contributed by atoms with E-state index in [0.29, 0.717) is 17.7 Å². The number of nitrogens with zero attached hydrogens (tertiary/aromatic N) is 1. The first-order valence-corrected chi connectivity index (χ1v) is 9.76. The van der Waals surface area contributed by atoms with E-state index < -0.39 is 0 Å². The van der Waals surface area contributed by atoms with Gasteiger partial charge in [0.15, 0.2) is 5.78 Å². The largest absolute Gasteiger partial charge is 0.356 e. The van der Waals surface area contributed by atoms with Crippen LogP contribution in [0.15, 0.2) is 54.6 Å². The van der Waals surface area contributed by atoms with Crippen molar-refractivity contribution >= 4 is 11.7 Å². The summed E-state index contributed by atoms with van der Waals surface area (Å²) < 4.78 is 0. The normalized spacial score (nSPS) is 12.0. The Labute approximate surface area is 162 Å². The first kappa shape index (κ1) is 20.8. The molecule has 2 rings (SSSR count). The summed E-state index contributed by atoms with van der Waals surface area (Å²) in [7, 11) is 0. The Hall–Kier alpha value is -2.46. The van der Waals surface area contributed by atoms with Crippen LogP contribution in [0.5, 0.6) is 0 Å². The highest BCUT2D eigenvalue weighted by molar-refractivity contribution is 6.09. The van der Waals surface area contributed by atoms with E-state index in [2.05, 4.69) is 24.1 Å². The molecule has 0 aliphatic carbocycles. The van der Waals surface area contributed by atoms with Gasteiger partial charge >= 0.3 is 0 Å². The molecule has 0 aromatic heterocycles. The van der Waals surface area contributed by atoms with Gasteiger partial charge in [0, 0.05) is 17.7 Å². The average Bonchev–Trinajstić information content (AvgIpc) is 2.73. The molecule has 1 atom stereocenters. The highest BCUT2D eigenvalue weighted by atomic mass is 16.1. The predicted octanol–water partition coefficient (Wildman–Crippen LogP) is 3.87. The lowest BCUT2D eigenvalue weighted by Gasteiger charge is -2.18. The molecule has 0 fully saturated rings. The molecule has 4 nitrogen and oxygen atoms in total. The van der Waals surface area contributed by atoms with Gasteiger partial charge in [0.05, 0.1) is 5.92 Å². The van der Waals surface area contributed by atoms with Crippen LogP contribution in [-0.4, -0.2) is 42.8 Å². The van der Waals surface area contributed by atoms with E-state index in [9.17, 15) is 9.59 Å². The summed E-state index contributed by atoms with van der Waals surface area (Å²) in [4.78, 5) is 27.4. The number of benzene rings is 2. The van der Waals surface area contributed by atoms with Gasteiger partial charge in [-0.15, -0.1) is 0 Å². The van der Waals surface area contributed by atoms with E-state index in [4.69, 9.17) is 0 Å². The monoisotopic (exact) mass is 366 g/mol. The van der Waals surface area contributed by atoms with Gasteiger partial charge in [-0.1, -0.05) is 62.4 Å². The molecule has 1 unspecified atom stereocenters. The third-order valence-corrected chi connectivity index (χ3v) is 4.92. The number of ketones is 1. The number of carbonyl (C=O) groups excluding carboxylic acids is 2. The molecule has 0 bridgehead atoms. The van der Waals surface area contributed by atoms with Crippen molar-refractivity contribution in [2.45, 2.75) is 33.1 Å². The summed E-state index contributed by atoms with van der Waals surface area (Å²) in [5.41, 5.74) is 2.13. The van der Waals surface area contributed by atoms with Crippen molar-refractivity contribution in [3.05, 3.63) is 71.3 Å². The quantitative estimate of drug-likeness (QED) is 0.513. The zero-order chi connectivity index (χ0) is 19.6. The summed E-state index contributed by atoms with van der Waals surface area (Å²) in [5.74, 6) is -0.315. The van der Waals surface area contributed by atoms with Crippen LogP contribution in [0.3, 0.4) is 0 Å². The van der Waals surface area contributed by atoms with Crippen molar-refractivity contribution in [1.82, 2.24) is 10.2 Å². The fraction of sp³-hybridized carbons (Fsp3) is 0.391. The van der Waals surface area contributed by atoms with E-state index in [1.807, 2.05) is 43.3 Å². The topological polar surface area (TPSA) is 49.4 Å². The second-order valence-electron chi connectivity index (χ2n) is 6.71. The summed E-state index contributed by atoms with van der Waals surface area (Å²) in [6, 6.07) is 16.6. The van der Waals surface area contributed by atoms with Crippen molar-refractivity contribution < 1.29 is 9.59 Å². The van der Waals surface area contributed by atoms with Crippen LogP contribution in [0.4, 0.5) is 0 Å². The van der Waals surface area contributed by atoms with E-state index >= 15 is 0 Å². The lowest BCUT2D eigenvalue weighted by atomic mass is 9.95. The number of amides is 1. The van der Waals surface area contributed by atoms with E-state index in [1.165, 1.54) is 0 Å². The van der Waals surface area contributed by atoms with Crippen LogP contribution >= 0.6 is 0 Å². The van der Waals surface area contributed by atoms with Gasteiger partial charge in [-0.2, -0.15) is 0 Å². The molecule has 4 heteroatoms. The van der Waals surface area contributed by atoms with Crippen LogP contribution in [0.25, 0.3) is 0 Å². The van der Waals surface area contributed by atoms with Crippen LogP contribution in [0.1, 0.15) is 54.6 Å². The minimum atomic E-state index is -0.290. The minimum Gasteiger partial charge on any atom is -0.356 e. The van der Waals surface area contributed by atoms with Crippen LogP contribution in [-0.2, 0) is 4.79 Å². The molecule has 0 spiro atoms. The van der Waals surface area contributed by atoms with Crippen molar-refractivity contribution in [2.75, 3.05) is 26.2 Å². The molecule has 0 saturated heterocycles. The molecule has 2 aromatic rings. The molecule has 0 radical (unpaired) electrons. The Bertz CT molecular complexity index is 739. The Morgan fingerprint density at radius 1 is 0.963 bits per heavy atom. The van der Waals surface area contributed by atoms with Gasteiger partial charge in [0.2, 0.25) is 5.91 Å². The highest BCUT2D eigenvalue weighted by Gasteiger charge is 2.17. The van der Waals surface area contributed by atoms with Crippen LogP contribution < -0.4 is 5.32 Å². The molecule has 1 amide bonds.